The lowest BCUT2D eigenvalue weighted by molar-refractivity contribution is -0.122. The molecule has 5 nitrogen and oxygen atoms in total. The molecular formula is C17H26ClN3O2. The first-order valence-corrected chi connectivity index (χ1v) is 8.59. The number of hydrogen-bond donors (Lipinski definition) is 2. The number of aliphatic hydroxyl groups is 1. The molecule has 0 aromatic carbocycles. The van der Waals surface area contributed by atoms with Gasteiger partial charge in [0.1, 0.15) is 5.15 Å². The van der Waals surface area contributed by atoms with Crippen LogP contribution in [0.15, 0.2) is 18.3 Å². The van der Waals surface area contributed by atoms with E-state index >= 15 is 0 Å². The number of nitrogens with zero attached hydrogens (tertiary/aromatic N) is 2. The number of halogens is 1. The Labute approximate surface area is 143 Å². The van der Waals surface area contributed by atoms with Crippen LogP contribution in [0.1, 0.15) is 32.3 Å². The van der Waals surface area contributed by atoms with Crippen molar-refractivity contribution < 1.29 is 9.90 Å². The third kappa shape index (κ3) is 6.09. The molecular weight excluding hydrogens is 314 g/mol. The monoisotopic (exact) mass is 339 g/mol. The van der Waals surface area contributed by atoms with Gasteiger partial charge in [0.25, 0.3) is 0 Å². The smallest absolute Gasteiger partial charge is 0.220 e. The second-order valence-corrected chi connectivity index (χ2v) is 7.13. The average Bonchev–Trinajstić information content (AvgIpc) is 2.48. The van der Waals surface area contributed by atoms with Gasteiger partial charge >= 0.3 is 0 Å². The Morgan fingerprint density at radius 3 is 2.91 bits per heavy atom. The van der Waals surface area contributed by atoms with Crippen LogP contribution in [0.25, 0.3) is 0 Å². The maximum Gasteiger partial charge on any atom is 0.220 e. The zero-order valence-electron chi connectivity index (χ0n) is 13.8. The molecule has 1 aliphatic heterocycles. The van der Waals surface area contributed by atoms with Crippen LogP contribution >= 0.6 is 11.6 Å². The Balaban J connectivity index is 1.76. The number of likely N-dealkylation sites (tertiary alicyclic amines) is 1. The third-order valence-corrected chi connectivity index (χ3v) is 4.38. The summed E-state index contributed by atoms with van der Waals surface area (Å²) in [6, 6.07) is 3.74. The fourth-order valence-electron chi connectivity index (χ4n) is 2.87. The Hall–Kier alpha value is -1.17. The summed E-state index contributed by atoms with van der Waals surface area (Å²) in [5.74, 6) is 0.558. The van der Waals surface area contributed by atoms with E-state index in [2.05, 4.69) is 15.2 Å². The fraction of sp³-hybridized carbons (Fsp3) is 0.647. The van der Waals surface area contributed by atoms with Gasteiger partial charge in [-0.3, -0.25) is 9.69 Å². The Morgan fingerprint density at radius 1 is 1.52 bits per heavy atom. The molecule has 1 aliphatic rings. The summed E-state index contributed by atoms with van der Waals surface area (Å²) in [6.07, 6.45) is 2.78. The van der Waals surface area contributed by atoms with Crippen LogP contribution in [0.4, 0.5) is 0 Å². The molecule has 2 N–H and O–H groups in total. The number of amides is 1. The van der Waals surface area contributed by atoms with E-state index in [9.17, 15) is 9.90 Å². The van der Waals surface area contributed by atoms with E-state index in [1.807, 2.05) is 19.9 Å². The molecule has 0 radical (unpaired) electrons. The lowest BCUT2D eigenvalue weighted by atomic mass is 9.93. The first kappa shape index (κ1) is 18.2. The molecule has 1 fully saturated rings. The van der Waals surface area contributed by atoms with Crippen molar-refractivity contribution in [3.8, 4) is 0 Å². The molecule has 1 saturated heterocycles. The van der Waals surface area contributed by atoms with Gasteiger partial charge in [0.2, 0.25) is 5.91 Å². The molecule has 128 valence electrons. The molecule has 1 aromatic heterocycles. The summed E-state index contributed by atoms with van der Waals surface area (Å²) < 4.78 is 0. The summed E-state index contributed by atoms with van der Waals surface area (Å²) in [4.78, 5) is 18.0. The van der Waals surface area contributed by atoms with Gasteiger partial charge in [-0.25, -0.2) is 4.98 Å². The number of hydrogen-bond acceptors (Lipinski definition) is 4. The predicted octanol–water partition coefficient (Wildman–Crippen LogP) is 2.08. The molecule has 1 amide bonds. The molecule has 0 spiro atoms. The van der Waals surface area contributed by atoms with Crippen molar-refractivity contribution in [3.63, 3.8) is 0 Å². The third-order valence-electron chi connectivity index (χ3n) is 4.16. The summed E-state index contributed by atoms with van der Waals surface area (Å²) >= 11 is 5.79. The molecule has 0 saturated carbocycles. The normalized spacial score (nSPS) is 22.3. The number of carbonyl (C=O) groups excluding carboxylic acids is 1. The van der Waals surface area contributed by atoms with Gasteiger partial charge in [0.05, 0.1) is 6.10 Å². The van der Waals surface area contributed by atoms with E-state index in [0.717, 1.165) is 25.1 Å². The van der Waals surface area contributed by atoms with E-state index < -0.39 is 6.10 Å². The molecule has 2 heterocycles. The minimum Gasteiger partial charge on any atom is -0.391 e. The molecule has 0 unspecified atom stereocenters. The molecule has 0 aliphatic carbocycles. The van der Waals surface area contributed by atoms with Crippen molar-refractivity contribution in [2.24, 2.45) is 11.8 Å². The first-order chi connectivity index (χ1) is 10.9. The Bertz CT molecular complexity index is 507. The number of rotatable bonds is 6. The maximum absolute atomic E-state index is 11.7. The summed E-state index contributed by atoms with van der Waals surface area (Å²) in [6.45, 7) is 6.89. The van der Waals surface area contributed by atoms with Crippen molar-refractivity contribution in [2.75, 3.05) is 19.6 Å². The largest absolute Gasteiger partial charge is 0.391 e. The molecule has 23 heavy (non-hydrogen) atoms. The van der Waals surface area contributed by atoms with Crippen molar-refractivity contribution >= 4 is 17.5 Å². The zero-order chi connectivity index (χ0) is 16.8. The van der Waals surface area contributed by atoms with Crippen LogP contribution in [-0.4, -0.2) is 46.6 Å². The van der Waals surface area contributed by atoms with E-state index in [4.69, 9.17) is 11.6 Å². The van der Waals surface area contributed by atoms with Gasteiger partial charge in [0.15, 0.2) is 0 Å². The van der Waals surface area contributed by atoms with Crippen LogP contribution in [-0.2, 0) is 11.3 Å². The second-order valence-electron chi connectivity index (χ2n) is 6.74. The number of piperidine rings is 1. The highest BCUT2D eigenvalue weighted by atomic mass is 35.5. The van der Waals surface area contributed by atoms with Crippen molar-refractivity contribution in [3.05, 3.63) is 29.0 Å². The molecule has 0 bridgehead atoms. The summed E-state index contributed by atoms with van der Waals surface area (Å²) in [5.41, 5.74) is 1.09. The van der Waals surface area contributed by atoms with Gasteiger partial charge in [-0.2, -0.15) is 0 Å². The lowest BCUT2D eigenvalue weighted by Crippen LogP contribution is -2.47. The van der Waals surface area contributed by atoms with Gasteiger partial charge in [-0.1, -0.05) is 31.5 Å². The first-order valence-electron chi connectivity index (χ1n) is 8.21. The summed E-state index contributed by atoms with van der Waals surface area (Å²) in [7, 11) is 0. The van der Waals surface area contributed by atoms with Gasteiger partial charge in [-0.15, -0.1) is 0 Å². The van der Waals surface area contributed by atoms with Crippen molar-refractivity contribution in [1.82, 2.24) is 15.2 Å². The van der Waals surface area contributed by atoms with Crippen LogP contribution < -0.4 is 5.32 Å². The molecule has 6 heteroatoms. The number of carbonyl (C=O) groups is 1. The lowest BCUT2D eigenvalue weighted by Gasteiger charge is -2.36. The van der Waals surface area contributed by atoms with Crippen molar-refractivity contribution in [2.45, 2.75) is 39.3 Å². The van der Waals surface area contributed by atoms with E-state index in [0.29, 0.717) is 30.6 Å². The summed E-state index contributed by atoms with van der Waals surface area (Å²) in [5, 5.41) is 13.8. The number of nitrogens with one attached hydrogen (secondary N) is 1. The van der Waals surface area contributed by atoms with Crippen LogP contribution in [0.5, 0.6) is 0 Å². The molecule has 2 rings (SSSR count). The number of aliphatic hydroxyl groups excluding tert-OH is 1. The topological polar surface area (TPSA) is 65.5 Å². The number of pyridine rings is 1. The fourth-order valence-corrected chi connectivity index (χ4v) is 2.99. The second kappa shape index (κ2) is 8.62. The van der Waals surface area contributed by atoms with Gasteiger partial charge in [-0.05, 0) is 30.5 Å². The SMILES string of the molecule is CC(C)CC(=O)NC[C@@H]1CCN(Cc2ccc(Cl)nc2)C[C@H]1O. The van der Waals surface area contributed by atoms with E-state index in [1.165, 1.54) is 0 Å². The highest BCUT2D eigenvalue weighted by Crippen LogP contribution is 2.19. The predicted molar refractivity (Wildman–Crippen MR) is 91.1 cm³/mol. The van der Waals surface area contributed by atoms with Gasteiger partial charge in [0, 0.05) is 38.2 Å². The molecule has 1 aromatic rings. The van der Waals surface area contributed by atoms with Crippen molar-refractivity contribution in [1.29, 1.82) is 0 Å². The number of β-amino-alcohol motifs (C(OH)–C–C–N with tert-alkyl or cyclic N) is 1. The highest BCUT2D eigenvalue weighted by Gasteiger charge is 2.27. The van der Waals surface area contributed by atoms with Crippen LogP contribution in [0, 0.1) is 11.8 Å². The highest BCUT2D eigenvalue weighted by molar-refractivity contribution is 6.29. The minimum atomic E-state index is -0.414. The zero-order valence-corrected chi connectivity index (χ0v) is 14.6. The average molecular weight is 340 g/mol. The van der Waals surface area contributed by atoms with Crippen LogP contribution in [0.2, 0.25) is 5.15 Å². The minimum absolute atomic E-state index is 0.0712. The van der Waals surface area contributed by atoms with E-state index in [-0.39, 0.29) is 11.8 Å². The molecule has 2 atom stereocenters. The van der Waals surface area contributed by atoms with Gasteiger partial charge < -0.3 is 10.4 Å². The van der Waals surface area contributed by atoms with E-state index in [1.54, 1.807) is 12.3 Å². The van der Waals surface area contributed by atoms with Crippen LogP contribution in [0.3, 0.4) is 0 Å². The Kier molecular flexibility index (Phi) is 6.81. The quantitative estimate of drug-likeness (QED) is 0.779. The standard InChI is InChI=1S/C17H26ClN3O2/c1-12(2)7-17(23)20-9-14-5-6-21(11-15(14)22)10-13-3-4-16(18)19-8-13/h3-4,8,12,14-15,22H,5-7,9-11H2,1-2H3,(H,20,23)/t14-,15+/m0/s1. The maximum atomic E-state index is 11.7. The number of aromatic nitrogens is 1. The Morgan fingerprint density at radius 2 is 2.30 bits per heavy atom.